The van der Waals surface area contributed by atoms with E-state index in [0.29, 0.717) is 23.7 Å². The number of nitrogens with zero attached hydrogens (tertiary/aromatic N) is 4. The molecule has 6 heterocycles. The van der Waals surface area contributed by atoms with Crippen molar-refractivity contribution in [1.82, 2.24) is 19.9 Å². The monoisotopic (exact) mass is 958 g/mol. The Hall–Kier alpha value is -7.42. The number of aromatic nitrogens is 4. The highest BCUT2D eigenvalue weighted by Gasteiger charge is 2.30. The van der Waals surface area contributed by atoms with E-state index in [1.807, 2.05) is 23.7 Å². The van der Waals surface area contributed by atoms with E-state index >= 15 is 0 Å². The second-order valence-corrected chi connectivity index (χ2v) is 22.5. The van der Waals surface area contributed by atoms with E-state index in [9.17, 15) is 0 Å². The summed E-state index contributed by atoms with van der Waals surface area (Å²) >= 11 is 1.83. The number of allylic oxidation sites excluding steroid dienone is 4. The largest absolute Gasteiger partial charge is 0.464 e. The van der Waals surface area contributed by atoms with E-state index in [0.717, 1.165) is 70.8 Å². The average Bonchev–Trinajstić information content (AvgIpc) is 4.23. The Kier molecular flexibility index (Phi) is 10.6. The number of aliphatic imine (C=N–C) groups is 2. The van der Waals surface area contributed by atoms with Crippen LogP contribution >= 0.6 is 11.3 Å². The Bertz CT molecular complexity index is 3750. The summed E-state index contributed by atoms with van der Waals surface area (Å²) in [6, 6.07) is 36.4. The fraction of sp³-hybridized carbons (Fsp3) is 0.250. The Morgan fingerprint density at radius 2 is 0.986 bits per heavy atom. The fourth-order valence-corrected chi connectivity index (χ4v) is 12.4. The number of aromatic amines is 2. The lowest BCUT2D eigenvalue weighted by atomic mass is 9.92. The van der Waals surface area contributed by atoms with E-state index in [1.165, 1.54) is 110 Å². The van der Waals surface area contributed by atoms with Crippen molar-refractivity contribution >= 4 is 76.5 Å². The van der Waals surface area contributed by atoms with Gasteiger partial charge in [-0.25, -0.2) is 9.97 Å². The van der Waals surface area contributed by atoms with Crippen molar-refractivity contribution in [2.75, 3.05) is 0 Å². The molecule has 6 aromatic carbocycles. The zero-order chi connectivity index (χ0) is 49.1. The SMILES string of the molecule is CC(C)C1=NC2=C(C1)c1ccc(-c3cc4ccc(-c5cnc(C(C)C)[nH]5)cc4c4ccoc34)cc1C2.CC(C)C1=NC2=C(C1)c1ccc(-c3cc4ccc(-c5cnc(C(C)C)[nH]5)cc4c4ccsc34)cc1C2. The van der Waals surface area contributed by atoms with Crippen molar-refractivity contribution in [1.29, 1.82) is 0 Å². The van der Waals surface area contributed by atoms with Crippen LogP contribution in [0.1, 0.15) is 114 Å². The molecule has 8 heteroatoms. The van der Waals surface area contributed by atoms with E-state index in [2.05, 4.69) is 178 Å². The van der Waals surface area contributed by atoms with Crippen molar-refractivity contribution in [2.24, 2.45) is 21.8 Å². The first-order valence-electron chi connectivity index (χ1n) is 25.8. The first-order chi connectivity index (χ1) is 34.9. The Balaban J connectivity index is 0.000000140. The molecular formula is C64H58N6OS. The quantitative estimate of drug-likeness (QED) is 0.159. The number of H-pyrrole nitrogens is 2. The first-order valence-corrected chi connectivity index (χ1v) is 26.6. The van der Waals surface area contributed by atoms with Crippen LogP contribution in [0.4, 0.5) is 0 Å². The number of imidazole rings is 2. The Morgan fingerprint density at radius 3 is 1.51 bits per heavy atom. The molecule has 2 aliphatic carbocycles. The number of hydrogen-bond acceptors (Lipinski definition) is 6. The second-order valence-electron chi connectivity index (χ2n) is 21.5. The molecule has 0 amide bonds. The van der Waals surface area contributed by atoms with Gasteiger partial charge in [-0.1, -0.05) is 116 Å². The zero-order valence-electron chi connectivity index (χ0n) is 42.3. The Morgan fingerprint density at radius 1 is 0.472 bits per heavy atom. The standard InChI is InChI=1S/C32H29N3O.C32H29N3S/c2*1-17(2)28-15-27-23-8-7-19(11-22(23)14-29(27)34-28)26-12-20-5-6-21(30-16-33-32(35-30)18(3)4)13-25(20)24-9-10-36-31(24)26/h2*5-13,16-18H,14-15H2,1-4H3,(H,33,35). The highest BCUT2D eigenvalue weighted by atomic mass is 32.1. The highest BCUT2D eigenvalue weighted by Crippen LogP contribution is 2.47. The molecule has 0 saturated carbocycles. The average molecular weight is 959 g/mol. The minimum atomic E-state index is 0.370. The van der Waals surface area contributed by atoms with Crippen LogP contribution in [-0.2, 0) is 12.8 Å². The molecule has 0 saturated heterocycles. The molecule has 4 aliphatic rings. The Labute approximate surface area is 424 Å². The maximum absolute atomic E-state index is 6.07. The van der Waals surface area contributed by atoms with Crippen molar-refractivity contribution in [3.63, 3.8) is 0 Å². The molecule has 72 heavy (non-hydrogen) atoms. The van der Waals surface area contributed by atoms with Gasteiger partial charge in [0.15, 0.2) is 0 Å². The lowest BCUT2D eigenvalue weighted by Gasteiger charge is -2.12. The highest BCUT2D eigenvalue weighted by molar-refractivity contribution is 7.18. The van der Waals surface area contributed by atoms with Gasteiger partial charge in [0.2, 0.25) is 0 Å². The number of rotatable bonds is 8. The molecule has 0 atom stereocenters. The molecule has 356 valence electrons. The molecule has 0 unspecified atom stereocenters. The molecule has 7 nitrogen and oxygen atoms in total. The predicted molar refractivity (Wildman–Crippen MR) is 302 cm³/mol. The van der Waals surface area contributed by atoms with Gasteiger partial charge in [-0.3, -0.25) is 9.98 Å². The molecule has 0 radical (unpaired) electrons. The summed E-state index contributed by atoms with van der Waals surface area (Å²) in [6.45, 7) is 17.6. The van der Waals surface area contributed by atoms with Crippen LogP contribution in [0.5, 0.6) is 0 Å². The number of benzene rings is 6. The molecule has 10 aromatic rings. The molecule has 0 fully saturated rings. The zero-order valence-corrected chi connectivity index (χ0v) is 43.1. The smallest absolute Gasteiger partial charge is 0.142 e. The lowest BCUT2D eigenvalue weighted by molar-refractivity contribution is 0.617. The summed E-state index contributed by atoms with van der Waals surface area (Å²) in [7, 11) is 0. The van der Waals surface area contributed by atoms with E-state index < -0.39 is 0 Å². The third-order valence-electron chi connectivity index (χ3n) is 15.5. The van der Waals surface area contributed by atoms with Gasteiger partial charge >= 0.3 is 0 Å². The minimum absolute atomic E-state index is 0.370. The van der Waals surface area contributed by atoms with E-state index in [4.69, 9.17) is 14.4 Å². The van der Waals surface area contributed by atoms with Gasteiger partial charge in [0.05, 0.1) is 30.0 Å². The van der Waals surface area contributed by atoms with Crippen LogP contribution in [0.2, 0.25) is 0 Å². The summed E-state index contributed by atoms with van der Waals surface area (Å²) in [5, 5.41) is 9.65. The predicted octanol–water partition coefficient (Wildman–Crippen LogP) is 17.5. The topological polar surface area (TPSA) is 95.2 Å². The summed E-state index contributed by atoms with van der Waals surface area (Å²) in [5.74, 6) is 3.83. The number of furan rings is 1. The number of thiophene rings is 1. The van der Waals surface area contributed by atoms with Crippen molar-refractivity contribution in [3.05, 3.63) is 166 Å². The van der Waals surface area contributed by atoms with Crippen molar-refractivity contribution in [2.45, 2.75) is 92.9 Å². The minimum Gasteiger partial charge on any atom is -0.464 e. The normalized spacial score (nSPS) is 15.0. The van der Waals surface area contributed by atoms with Gasteiger partial charge in [-0.05, 0) is 120 Å². The first kappa shape index (κ1) is 44.5. The third kappa shape index (κ3) is 7.44. The maximum Gasteiger partial charge on any atom is 0.142 e. The number of nitrogens with one attached hydrogen (secondary N) is 2. The van der Waals surface area contributed by atoms with Crippen molar-refractivity contribution in [3.8, 4) is 44.8 Å². The molecule has 14 rings (SSSR count). The summed E-state index contributed by atoms with van der Waals surface area (Å²) in [6.07, 6.45) is 9.59. The van der Waals surface area contributed by atoms with Gasteiger partial charge in [0, 0.05) is 98.1 Å². The summed E-state index contributed by atoms with van der Waals surface area (Å²) in [4.78, 5) is 26.1. The van der Waals surface area contributed by atoms with E-state index in [1.54, 1.807) is 6.26 Å². The van der Waals surface area contributed by atoms with Gasteiger partial charge in [-0.2, -0.15) is 0 Å². The molecule has 0 spiro atoms. The van der Waals surface area contributed by atoms with Crippen LogP contribution < -0.4 is 0 Å². The summed E-state index contributed by atoms with van der Waals surface area (Å²) < 4.78 is 7.43. The van der Waals surface area contributed by atoms with Crippen LogP contribution in [-0.4, -0.2) is 31.4 Å². The van der Waals surface area contributed by atoms with E-state index in [-0.39, 0.29) is 0 Å². The molecule has 2 N–H and O–H groups in total. The maximum atomic E-state index is 6.07. The van der Waals surface area contributed by atoms with Gasteiger partial charge in [0.25, 0.3) is 0 Å². The molecule has 0 bridgehead atoms. The van der Waals surface area contributed by atoms with Crippen LogP contribution in [0.25, 0.3) is 98.5 Å². The van der Waals surface area contributed by atoms with Crippen LogP contribution in [0, 0.1) is 11.8 Å². The van der Waals surface area contributed by atoms with Gasteiger partial charge < -0.3 is 14.4 Å². The second kappa shape index (κ2) is 17.1. The fourth-order valence-electron chi connectivity index (χ4n) is 11.4. The number of hydrogen-bond donors (Lipinski definition) is 2. The molecule has 2 aliphatic heterocycles. The molecular weight excluding hydrogens is 901 g/mol. The number of fused-ring (bicyclic) bond motifs is 10. The van der Waals surface area contributed by atoms with Crippen molar-refractivity contribution < 1.29 is 4.42 Å². The van der Waals surface area contributed by atoms with Crippen LogP contribution in [0.15, 0.2) is 147 Å². The lowest BCUT2D eigenvalue weighted by Crippen LogP contribution is -2.05. The van der Waals surface area contributed by atoms with Crippen LogP contribution in [0.3, 0.4) is 0 Å². The van der Waals surface area contributed by atoms with Gasteiger partial charge in [0.1, 0.15) is 17.2 Å². The van der Waals surface area contributed by atoms with Gasteiger partial charge in [-0.15, -0.1) is 11.3 Å². The summed E-state index contributed by atoms with van der Waals surface area (Å²) in [5.41, 5.74) is 24.0. The third-order valence-corrected chi connectivity index (χ3v) is 16.5. The molecule has 4 aromatic heterocycles.